The van der Waals surface area contributed by atoms with Crippen LogP contribution in [-0.4, -0.2) is 41.1 Å². The molecule has 1 aromatic heterocycles. The van der Waals surface area contributed by atoms with Crippen molar-refractivity contribution in [3.63, 3.8) is 0 Å². The zero-order chi connectivity index (χ0) is 18.1. The number of nitrogens with one attached hydrogen (secondary N) is 2. The van der Waals surface area contributed by atoms with Crippen molar-refractivity contribution in [2.75, 3.05) is 13.1 Å². The van der Waals surface area contributed by atoms with Gasteiger partial charge in [0.25, 0.3) is 0 Å². The third-order valence-electron chi connectivity index (χ3n) is 5.79. The topological polar surface area (TPSA) is 70.4 Å². The number of aromatic nitrogens is 1. The van der Waals surface area contributed by atoms with Gasteiger partial charge >= 0.3 is 0 Å². The predicted octanol–water partition coefficient (Wildman–Crippen LogP) is 2.09. The third kappa shape index (κ3) is 3.15. The summed E-state index contributed by atoms with van der Waals surface area (Å²) < 4.78 is 5.63. The Balaban J connectivity index is 1.52. The number of hydrogen-bond acceptors (Lipinski definition) is 5. The van der Waals surface area contributed by atoms with Crippen LogP contribution in [0.2, 0.25) is 0 Å². The Bertz CT molecular complexity index is 773. The minimum atomic E-state index is 0.142. The van der Waals surface area contributed by atoms with E-state index in [1.165, 1.54) is 0 Å². The maximum atomic E-state index is 12.9. The Labute approximate surface area is 153 Å². The summed E-state index contributed by atoms with van der Waals surface area (Å²) in [6, 6.07) is 10.3. The minimum absolute atomic E-state index is 0.142. The fraction of sp³-hybridized carbons (Fsp3) is 0.500. The number of carbonyl (C=O) groups excluding carboxylic acids is 1. The van der Waals surface area contributed by atoms with Crippen LogP contribution < -0.4 is 10.9 Å². The molecule has 6 nitrogen and oxygen atoms in total. The van der Waals surface area contributed by atoms with Crippen LogP contribution >= 0.6 is 0 Å². The highest BCUT2D eigenvalue weighted by Crippen LogP contribution is 2.33. The first kappa shape index (κ1) is 17.2. The first-order valence-electron chi connectivity index (χ1n) is 9.39. The molecule has 138 valence electrons. The molecule has 3 unspecified atom stereocenters. The van der Waals surface area contributed by atoms with Crippen LogP contribution in [0.25, 0.3) is 0 Å². The molecule has 2 aromatic rings. The van der Waals surface area contributed by atoms with Crippen molar-refractivity contribution in [2.45, 2.75) is 51.1 Å². The second-order valence-electron chi connectivity index (χ2n) is 7.37. The summed E-state index contributed by atoms with van der Waals surface area (Å²) in [5.41, 5.74) is 9.79. The molecule has 2 fully saturated rings. The molecule has 1 aromatic carbocycles. The van der Waals surface area contributed by atoms with Crippen molar-refractivity contribution < 1.29 is 9.32 Å². The molecule has 26 heavy (non-hydrogen) atoms. The lowest BCUT2D eigenvalue weighted by Gasteiger charge is -2.32. The van der Waals surface area contributed by atoms with E-state index >= 15 is 0 Å². The Morgan fingerprint density at radius 2 is 2.12 bits per heavy atom. The zero-order valence-electron chi connectivity index (χ0n) is 15.4. The number of benzene rings is 1. The maximum absolute atomic E-state index is 12.9. The molecule has 1 amide bonds. The Hall–Kier alpha value is -2.18. The van der Waals surface area contributed by atoms with Gasteiger partial charge in [0, 0.05) is 24.7 Å². The van der Waals surface area contributed by atoms with Crippen LogP contribution in [0.4, 0.5) is 0 Å². The zero-order valence-corrected chi connectivity index (χ0v) is 15.4. The molecule has 0 radical (unpaired) electrons. The predicted molar refractivity (Wildman–Crippen MR) is 98.5 cm³/mol. The van der Waals surface area contributed by atoms with Crippen LogP contribution in [-0.2, 0) is 11.2 Å². The summed E-state index contributed by atoms with van der Waals surface area (Å²) in [4.78, 5) is 15.0. The number of rotatable bonds is 4. The van der Waals surface area contributed by atoms with Crippen LogP contribution in [0.1, 0.15) is 41.3 Å². The van der Waals surface area contributed by atoms with Gasteiger partial charge in [0.2, 0.25) is 5.91 Å². The van der Waals surface area contributed by atoms with Gasteiger partial charge < -0.3 is 9.42 Å². The van der Waals surface area contributed by atoms with Gasteiger partial charge in [-0.25, -0.2) is 0 Å². The SMILES string of the molecule is Cc1noc(C2CNNC2C2CCCN2C(=O)Cc2ccccc2)c1C. The molecule has 0 bridgehead atoms. The van der Waals surface area contributed by atoms with Crippen LogP contribution in [0, 0.1) is 13.8 Å². The van der Waals surface area contributed by atoms with Gasteiger partial charge in [0.15, 0.2) is 0 Å². The number of hydrazine groups is 1. The standard InChI is InChI=1S/C20H26N4O2/c1-13-14(2)23-26-20(13)16-12-21-22-19(16)17-9-6-10-24(17)18(25)11-15-7-4-3-5-8-15/h3-5,7-8,16-17,19,21-22H,6,9-12H2,1-2H3. The molecule has 2 aliphatic rings. The van der Waals surface area contributed by atoms with Gasteiger partial charge in [-0.2, -0.15) is 0 Å². The second-order valence-corrected chi connectivity index (χ2v) is 7.37. The fourth-order valence-corrected chi connectivity index (χ4v) is 4.26. The Morgan fingerprint density at radius 1 is 1.31 bits per heavy atom. The lowest BCUT2D eigenvalue weighted by Crippen LogP contribution is -2.50. The van der Waals surface area contributed by atoms with Crippen LogP contribution in [0.3, 0.4) is 0 Å². The molecule has 2 saturated heterocycles. The molecule has 6 heteroatoms. The summed E-state index contributed by atoms with van der Waals surface area (Å²) in [6.45, 7) is 5.65. The molecule has 4 rings (SSSR count). The third-order valence-corrected chi connectivity index (χ3v) is 5.79. The quantitative estimate of drug-likeness (QED) is 0.880. The summed E-state index contributed by atoms with van der Waals surface area (Å²) in [6.07, 6.45) is 2.52. The van der Waals surface area contributed by atoms with Crippen molar-refractivity contribution >= 4 is 5.91 Å². The van der Waals surface area contributed by atoms with E-state index in [0.717, 1.165) is 48.5 Å². The highest BCUT2D eigenvalue weighted by molar-refractivity contribution is 5.79. The van der Waals surface area contributed by atoms with E-state index in [2.05, 4.69) is 27.8 Å². The van der Waals surface area contributed by atoms with Gasteiger partial charge in [0.1, 0.15) is 5.76 Å². The largest absolute Gasteiger partial charge is 0.360 e. The van der Waals surface area contributed by atoms with Crippen molar-refractivity contribution in [2.24, 2.45) is 0 Å². The summed E-state index contributed by atoms with van der Waals surface area (Å²) in [7, 11) is 0. The van der Waals surface area contributed by atoms with E-state index in [1.54, 1.807) is 0 Å². The highest BCUT2D eigenvalue weighted by atomic mass is 16.5. The second kappa shape index (κ2) is 7.21. The van der Waals surface area contributed by atoms with Gasteiger partial charge in [0.05, 0.1) is 24.1 Å². The minimum Gasteiger partial charge on any atom is -0.360 e. The number of hydrogen-bond donors (Lipinski definition) is 2. The molecular formula is C20H26N4O2. The van der Waals surface area contributed by atoms with Gasteiger partial charge in [-0.05, 0) is 32.3 Å². The summed E-state index contributed by atoms with van der Waals surface area (Å²) in [5.74, 6) is 1.33. The van der Waals surface area contributed by atoms with Crippen LogP contribution in [0.5, 0.6) is 0 Å². The molecule has 0 aliphatic carbocycles. The van der Waals surface area contributed by atoms with E-state index in [4.69, 9.17) is 4.52 Å². The first-order valence-corrected chi connectivity index (χ1v) is 9.39. The average molecular weight is 354 g/mol. The fourth-order valence-electron chi connectivity index (χ4n) is 4.26. The summed E-state index contributed by atoms with van der Waals surface area (Å²) >= 11 is 0. The lowest BCUT2D eigenvalue weighted by molar-refractivity contribution is -0.131. The monoisotopic (exact) mass is 354 g/mol. The molecule has 2 aliphatic heterocycles. The highest BCUT2D eigenvalue weighted by Gasteiger charge is 2.43. The van der Waals surface area contributed by atoms with Crippen molar-refractivity contribution in [3.05, 3.63) is 52.9 Å². The number of nitrogens with zero attached hydrogens (tertiary/aromatic N) is 2. The molecule has 0 saturated carbocycles. The molecule has 3 atom stereocenters. The molecular weight excluding hydrogens is 328 g/mol. The average Bonchev–Trinajstić information content (AvgIpc) is 3.36. The van der Waals surface area contributed by atoms with Gasteiger partial charge in [-0.1, -0.05) is 35.5 Å². The van der Waals surface area contributed by atoms with E-state index in [0.29, 0.717) is 6.42 Å². The first-order chi connectivity index (χ1) is 12.6. The Morgan fingerprint density at radius 3 is 2.85 bits per heavy atom. The van der Waals surface area contributed by atoms with Crippen molar-refractivity contribution in [1.82, 2.24) is 20.9 Å². The number of likely N-dealkylation sites (tertiary alicyclic amines) is 1. The van der Waals surface area contributed by atoms with E-state index < -0.39 is 0 Å². The van der Waals surface area contributed by atoms with Gasteiger partial charge in [-0.15, -0.1) is 0 Å². The van der Waals surface area contributed by atoms with E-state index in [1.807, 2.05) is 37.3 Å². The van der Waals surface area contributed by atoms with Crippen molar-refractivity contribution in [3.8, 4) is 0 Å². The van der Waals surface area contributed by atoms with E-state index in [-0.39, 0.29) is 23.9 Å². The van der Waals surface area contributed by atoms with Crippen LogP contribution in [0.15, 0.2) is 34.9 Å². The van der Waals surface area contributed by atoms with E-state index in [9.17, 15) is 4.79 Å². The number of aryl methyl sites for hydroxylation is 1. The molecule has 0 spiro atoms. The summed E-state index contributed by atoms with van der Waals surface area (Å²) in [5, 5.41) is 4.12. The normalized spacial score (nSPS) is 25.8. The lowest BCUT2D eigenvalue weighted by atomic mass is 9.89. The smallest absolute Gasteiger partial charge is 0.227 e. The van der Waals surface area contributed by atoms with Crippen molar-refractivity contribution in [1.29, 1.82) is 0 Å². The molecule has 3 heterocycles. The number of amides is 1. The Kier molecular flexibility index (Phi) is 4.78. The maximum Gasteiger partial charge on any atom is 0.227 e. The molecule has 2 N–H and O–H groups in total. The number of carbonyl (C=O) groups is 1. The van der Waals surface area contributed by atoms with Gasteiger partial charge in [-0.3, -0.25) is 15.6 Å².